The highest BCUT2D eigenvalue weighted by molar-refractivity contribution is 7.91. The van der Waals surface area contributed by atoms with Crippen LogP contribution in [0.25, 0.3) is 16.5 Å². The Morgan fingerprint density at radius 1 is 1.13 bits per heavy atom. The number of aromatic nitrogens is 1. The molecule has 1 aromatic carbocycles. The summed E-state index contributed by atoms with van der Waals surface area (Å²) in [5.41, 5.74) is 3.58. The van der Waals surface area contributed by atoms with Gasteiger partial charge < -0.3 is 9.88 Å². The Kier molecular flexibility index (Phi) is 5.45. The van der Waals surface area contributed by atoms with Gasteiger partial charge in [0.25, 0.3) is 10.0 Å². The van der Waals surface area contributed by atoms with Gasteiger partial charge in [-0.15, -0.1) is 11.3 Å². The molecule has 2 aliphatic rings. The lowest BCUT2D eigenvalue weighted by Gasteiger charge is -2.35. The summed E-state index contributed by atoms with van der Waals surface area (Å²) in [7, 11) is -3.51. The number of thiophene rings is 1. The number of carbonyl (C=O) groups excluding carboxylic acids is 1. The third kappa shape index (κ3) is 3.84. The summed E-state index contributed by atoms with van der Waals surface area (Å²) >= 11 is 1.23. The predicted octanol–water partition coefficient (Wildman–Crippen LogP) is 3.95. The number of nitrogens with zero attached hydrogens (tertiary/aromatic N) is 2. The van der Waals surface area contributed by atoms with E-state index in [1.54, 1.807) is 17.5 Å². The molecule has 1 amide bonds. The van der Waals surface area contributed by atoms with Gasteiger partial charge in [-0.25, -0.2) is 8.42 Å². The molecule has 2 aromatic heterocycles. The van der Waals surface area contributed by atoms with Crippen molar-refractivity contribution < 1.29 is 13.2 Å². The van der Waals surface area contributed by atoms with Crippen molar-refractivity contribution in [1.29, 1.82) is 0 Å². The average molecular weight is 456 g/mol. The summed E-state index contributed by atoms with van der Waals surface area (Å²) in [5, 5.41) is 2.97. The van der Waals surface area contributed by atoms with Crippen molar-refractivity contribution in [2.75, 3.05) is 26.2 Å². The lowest BCUT2D eigenvalue weighted by Crippen LogP contribution is -2.47. The number of carbonyl (C=O) groups is 1. The molecule has 0 saturated carbocycles. The van der Waals surface area contributed by atoms with Gasteiger partial charge in [0.15, 0.2) is 0 Å². The lowest BCUT2D eigenvalue weighted by molar-refractivity contribution is -0.136. The number of sulfonamides is 1. The first-order chi connectivity index (χ1) is 15.0. The number of H-pyrrole nitrogens is 1. The Hall–Kier alpha value is -2.42. The quantitative estimate of drug-likeness (QED) is 0.647. The van der Waals surface area contributed by atoms with E-state index < -0.39 is 10.0 Å². The van der Waals surface area contributed by atoms with E-state index in [0.717, 1.165) is 18.4 Å². The number of piperidine rings is 1. The normalized spacial score (nSPS) is 20.7. The summed E-state index contributed by atoms with van der Waals surface area (Å²) in [6, 6.07) is 11.6. The number of rotatable bonds is 4. The zero-order valence-electron chi connectivity index (χ0n) is 17.2. The molecule has 0 spiro atoms. The van der Waals surface area contributed by atoms with Gasteiger partial charge in [0, 0.05) is 48.8 Å². The van der Waals surface area contributed by atoms with E-state index in [2.05, 4.69) is 23.2 Å². The summed E-state index contributed by atoms with van der Waals surface area (Å²) < 4.78 is 27.6. The summed E-state index contributed by atoms with van der Waals surface area (Å²) in [4.78, 5) is 18.4. The number of hydrogen-bond donors (Lipinski definition) is 1. The van der Waals surface area contributed by atoms with Crippen molar-refractivity contribution in [3.05, 3.63) is 59.6 Å². The van der Waals surface area contributed by atoms with E-state index in [4.69, 9.17) is 0 Å². The number of fused-ring (bicyclic) bond motifs is 1. The molecule has 31 heavy (non-hydrogen) atoms. The number of benzene rings is 1. The third-order valence-electron chi connectivity index (χ3n) is 6.28. The number of aromatic amines is 1. The Labute approximate surface area is 186 Å². The van der Waals surface area contributed by atoms with E-state index in [1.165, 1.54) is 32.2 Å². The van der Waals surface area contributed by atoms with E-state index in [-0.39, 0.29) is 18.4 Å². The first-order valence-electron chi connectivity index (χ1n) is 10.6. The van der Waals surface area contributed by atoms with Crippen molar-refractivity contribution >= 4 is 43.7 Å². The molecule has 0 radical (unpaired) electrons. The largest absolute Gasteiger partial charge is 0.361 e. The fourth-order valence-corrected chi connectivity index (χ4v) is 7.28. The fraction of sp³-hybridized carbons (Fsp3) is 0.348. The Balaban J connectivity index is 1.28. The highest BCUT2D eigenvalue weighted by Crippen LogP contribution is 2.31. The van der Waals surface area contributed by atoms with Crippen molar-refractivity contribution in [1.82, 2.24) is 14.2 Å². The van der Waals surface area contributed by atoms with Crippen molar-refractivity contribution in [3.63, 3.8) is 0 Å². The van der Waals surface area contributed by atoms with E-state index in [0.29, 0.717) is 30.3 Å². The van der Waals surface area contributed by atoms with Crippen LogP contribution in [0.2, 0.25) is 0 Å². The zero-order valence-corrected chi connectivity index (χ0v) is 18.8. The van der Waals surface area contributed by atoms with Crippen molar-refractivity contribution in [2.45, 2.75) is 23.5 Å². The molecule has 162 valence electrons. The molecule has 1 saturated heterocycles. The third-order valence-corrected chi connectivity index (χ3v) is 9.52. The molecular formula is C23H25N3O3S2. The van der Waals surface area contributed by atoms with Gasteiger partial charge in [-0.1, -0.05) is 30.3 Å². The zero-order chi connectivity index (χ0) is 21.4. The van der Waals surface area contributed by atoms with Crippen LogP contribution in [0, 0.1) is 5.92 Å². The topological polar surface area (TPSA) is 73.5 Å². The van der Waals surface area contributed by atoms with E-state index in [9.17, 15) is 13.2 Å². The molecule has 6 nitrogen and oxygen atoms in total. The molecule has 5 rings (SSSR count). The van der Waals surface area contributed by atoms with Gasteiger partial charge in [-0.2, -0.15) is 4.31 Å². The maximum atomic E-state index is 13.2. The molecule has 3 aromatic rings. The lowest BCUT2D eigenvalue weighted by atomic mass is 9.95. The Bertz CT molecular complexity index is 1230. The molecule has 0 aliphatic carbocycles. The van der Waals surface area contributed by atoms with E-state index >= 15 is 0 Å². The highest BCUT2D eigenvalue weighted by Gasteiger charge is 2.35. The monoisotopic (exact) mass is 455 g/mol. The summed E-state index contributed by atoms with van der Waals surface area (Å²) in [6.45, 7) is 1.99. The molecule has 1 fully saturated rings. The Morgan fingerprint density at radius 3 is 2.77 bits per heavy atom. The molecule has 1 N–H and O–H groups in total. The van der Waals surface area contributed by atoms with Crippen LogP contribution >= 0.6 is 11.3 Å². The molecule has 1 atom stereocenters. The highest BCUT2D eigenvalue weighted by atomic mass is 32.2. The van der Waals surface area contributed by atoms with Gasteiger partial charge in [0.05, 0.1) is 5.92 Å². The smallest absolute Gasteiger partial charge is 0.252 e. The number of para-hydroxylation sites is 1. The van der Waals surface area contributed by atoms with Crippen LogP contribution in [-0.2, 0) is 14.8 Å². The standard InChI is InChI=1S/C23H25N3O3S2/c27-23(18-5-3-11-26(16-18)31(28,29)22-8-4-14-30-22)25-12-9-17(10-13-25)20-15-24-21-7-2-1-6-19(20)21/h1-2,4,6-9,14-15,18,24H,3,5,10-13,16H2/t18-/m0/s1. The van der Waals surface area contributed by atoms with E-state index in [1.807, 2.05) is 23.2 Å². The second-order valence-corrected chi connectivity index (χ2v) is 11.3. The Morgan fingerprint density at radius 2 is 2.00 bits per heavy atom. The van der Waals surface area contributed by atoms with Crippen molar-refractivity contribution in [3.8, 4) is 0 Å². The number of nitrogens with one attached hydrogen (secondary N) is 1. The van der Waals surface area contributed by atoms with Crippen LogP contribution in [0.3, 0.4) is 0 Å². The molecular weight excluding hydrogens is 430 g/mol. The van der Waals surface area contributed by atoms with Gasteiger partial charge in [-0.3, -0.25) is 4.79 Å². The molecule has 4 heterocycles. The minimum Gasteiger partial charge on any atom is -0.361 e. The molecule has 2 aliphatic heterocycles. The molecule has 0 unspecified atom stereocenters. The van der Waals surface area contributed by atoms with Crippen LogP contribution in [0.15, 0.2) is 58.3 Å². The van der Waals surface area contributed by atoms with Gasteiger partial charge in [0.1, 0.15) is 4.21 Å². The van der Waals surface area contributed by atoms with Crippen LogP contribution in [0.1, 0.15) is 24.8 Å². The van der Waals surface area contributed by atoms with Gasteiger partial charge in [-0.05, 0) is 42.3 Å². The first kappa shape index (κ1) is 20.5. The maximum absolute atomic E-state index is 13.2. The number of hydrogen-bond acceptors (Lipinski definition) is 4. The van der Waals surface area contributed by atoms with Crippen LogP contribution < -0.4 is 0 Å². The first-order valence-corrected chi connectivity index (χ1v) is 12.9. The second kappa shape index (κ2) is 8.26. The second-order valence-electron chi connectivity index (χ2n) is 8.15. The average Bonchev–Trinajstić information content (AvgIpc) is 3.50. The molecule has 0 bridgehead atoms. The van der Waals surface area contributed by atoms with Crippen LogP contribution in [0.5, 0.6) is 0 Å². The van der Waals surface area contributed by atoms with Gasteiger partial charge >= 0.3 is 0 Å². The van der Waals surface area contributed by atoms with Gasteiger partial charge in [0.2, 0.25) is 5.91 Å². The van der Waals surface area contributed by atoms with Crippen LogP contribution in [0.4, 0.5) is 0 Å². The van der Waals surface area contributed by atoms with Crippen LogP contribution in [-0.4, -0.2) is 54.7 Å². The predicted molar refractivity (Wildman–Crippen MR) is 123 cm³/mol. The maximum Gasteiger partial charge on any atom is 0.252 e. The minimum absolute atomic E-state index is 0.0697. The van der Waals surface area contributed by atoms with Crippen molar-refractivity contribution in [2.24, 2.45) is 5.92 Å². The fourth-order valence-electron chi connectivity index (χ4n) is 4.61. The summed E-state index contributed by atoms with van der Waals surface area (Å²) in [5.74, 6) is -0.202. The minimum atomic E-state index is -3.51. The molecule has 8 heteroatoms. The summed E-state index contributed by atoms with van der Waals surface area (Å²) in [6.07, 6.45) is 6.44. The number of amides is 1. The SMILES string of the molecule is O=C([C@H]1CCCN(S(=O)(=O)c2cccs2)C1)N1CC=C(c2c[nH]c3ccccc23)CC1.